The van der Waals surface area contributed by atoms with Crippen LogP contribution in [0.25, 0.3) is 0 Å². The molecule has 1 aromatic carbocycles. The number of rotatable bonds is 4. The summed E-state index contributed by atoms with van der Waals surface area (Å²) in [5.74, 6) is 0.819. The first-order valence-electron chi connectivity index (χ1n) is 6.75. The summed E-state index contributed by atoms with van der Waals surface area (Å²) >= 11 is 0. The quantitative estimate of drug-likeness (QED) is 0.858. The van der Waals surface area contributed by atoms with Gasteiger partial charge in [0.15, 0.2) is 0 Å². The van der Waals surface area contributed by atoms with E-state index in [-0.39, 0.29) is 0 Å². The Kier molecular flexibility index (Phi) is 4.57. The largest absolute Gasteiger partial charge is 0.319 e. The van der Waals surface area contributed by atoms with Crippen molar-refractivity contribution >= 4 is 0 Å². The predicted molar refractivity (Wildman–Crippen MR) is 73.1 cm³/mol. The summed E-state index contributed by atoms with van der Waals surface area (Å²) in [6.07, 6.45) is 2.71. The summed E-state index contributed by atoms with van der Waals surface area (Å²) in [7, 11) is 2.06. The van der Waals surface area contributed by atoms with Gasteiger partial charge in [-0.25, -0.2) is 0 Å². The van der Waals surface area contributed by atoms with Crippen LogP contribution in [0.5, 0.6) is 0 Å². The van der Waals surface area contributed by atoms with E-state index in [2.05, 4.69) is 54.5 Å². The minimum atomic E-state index is 0.552. The maximum atomic E-state index is 3.31. The van der Waals surface area contributed by atoms with Crippen molar-refractivity contribution in [3.63, 3.8) is 0 Å². The normalized spacial score (nSPS) is 23.5. The summed E-state index contributed by atoms with van der Waals surface area (Å²) in [6.45, 7) is 5.96. The van der Waals surface area contributed by atoms with Crippen molar-refractivity contribution in [3.8, 4) is 0 Å². The van der Waals surface area contributed by atoms with Gasteiger partial charge in [-0.2, -0.15) is 0 Å². The first-order valence-corrected chi connectivity index (χ1v) is 6.75. The Bertz CT molecular complexity index is 321. The highest BCUT2D eigenvalue weighted by Gasteiger charge is 2.23. The zero-order chi connectivity index (χ0) is 12.1. The molecule has 0 radical (unpaired) electrons. The van der Waals surface area contributed by atoms with Crippen molar-refractivity contribution in [2.75, 3.05) is 26.7 Å². The minimum Gasteiger partial charge on any atom is -0.319 e. The summed E-state index contributed by atoms with van der Waals surface area (Å²) in [5.41, 5.74) is 1.44. The zero-order valence-corrected chi connectivity index (χ0v) is 11.0. The van der Waals surface area contributed by atoms with E-state index >= 15 is 0 Å². The van der Waals surface area contributed by atoms with Crippen molar-refractivity contribution in [2.24, 2.45) is 5.92 Å². The lowest BCUT2D eigenvalue weighted by Crippen LogP contribution is -2.40. The van der Waals surface area contributed by atoms with E-state index in [1.165, 1.54) is 31.5 Å². The molecule has 0 aliphatic carbocycles. The molecule has 0 saturated carbocycles. The average molecular weight is 232 g/mol. The van der Waals surface area contributed by atoms with Crippen molar-refractivity contribution < 1.29 is 0 Å². The molecular formula is C15H24N2. The molecule has 17 heavy (non-hydrogen) atoms. The molecule has 1 heterocycles. The number of nitrogens with one attached hydrogen (secondary N) is 1. The minimum absolute atomic E-state index is 0.552. The Morgan fingerprint density at radius 2 is 2.12 bits per heavy atom. The molecule has 2 heteroatoms. The van der Waals surface area contributed by atoms with Crippen LogP contribution in [0.3, 0.4) is 0 Å². The number of likely N-dealkylation sites (tertiary alicyclic amines) is 1. The second-order valence-electron chi connectivity index (χ2n) is 5.15. The van der Waals surface area contributed by atoms with E-state index in [1.54, 1.807) is 0 Å². The highest BCUT2D eigenvalue weighted by Crippen LogP contribution is 2.26. The Balaban J connectivity index is 1.97. The smallest absolute Gasteiger partial charge is 0.0320 e. The van der Waals surface area contributed by atoms with Gasteiger partial charge in [0, 0.05) is 12.6 Å². The molecular weight excluding hydrogens is 208 g/mol. The number of piperidine rings is 1. The van der Waals surface area contributed by atoms with Crippen LogP contribution in [0.4, 0.5) is 0 Å². The standard InChI is InChI=1S/C15H24N2/c1-13(15-8-4-3-5-9-15)17-10-6-7-14(12-17)11-16-2/h3-5,8-9,13-14,16H,6-7,10-12H2,1-2H3. The third-order valence-electron chi connectivity index (χ3n) is 3.87. The molecule has 2 rings (SSSR count). The first-order chi connectivity index (χ1) is 8.31. The van der Waals surface area contributed by atoms with Crippen LogP contribution < -0.4 is 5.32 Å². The molecule has 0 bridgehead atoms. The molecule has 1 N–H and O–H groups in total. The van der Waals surface area contributed by atoms with Gasteiger partial charge in [0.2, 0.25) is 0 Å². The van der Waals surface area contributed by atoms with Crippen LogP contribution in [0.2, 0.25) is 0 Å². The average Bonchev–Trinajstić information content (AvgIpc) is 2.40. The zero-order valence-electron chi connectivity index (χ0n) is 11.0. The number of nitrogens with zero attached hydrogens (tertiary/aromatic N) is 1. The van der Waals surface area contributed by atoms with Crippen molar-refractivity contribution in [2.45, 2.75) is 25.8 Å². The topological polar surface area (TPSA) is 15.3 Å². The molecule has 1 aliphatic heterocycles. The monoisotopic (exact) mass is 232 g/mol. The van der Waals surface area contributed by atoms with Crippen LogP contribution in [-0.4, -0.2) is 31.6 Å². The number of hydrogen-bond donors (Lipinski definition) is 1. The Labute approximate surface area is 105 Å². The Hall–Kier alpha value is -0.860. The Morgan fingerprint density at radius 1 is 1.35 bits per heavy atom. The van der Waals surface area contributed by atoms with E-state index in [9.17, 15) is 0 Å². The second kappa shape index (κ2) is 6.18. The van der Waals surface area contributed by atoms with Gasteiger partial charge >= 0.3 is 0 Å². The summed E-state index contributed by atoms with van der Waals surface area (Å²) in [6, 6.07) is 11.4. The molecule has 1 saturated heterocycles. The van der Waals surface area contributed by atoms with E-state index in [0.29, 0.717) is 6.04 Å². The van der Waals surface area contributed by atoms with Crippen molar-refractivity contribution in [3.05, 3.63) is 35.9 Å². The molecule has 94 valence electrons. The Morgan fingerprint density at radius 3 is 2.82 bits per heavy atom. The number of hydrogen-bond acceptors (Lipinski definition) is 2. The van der Waals surface area contributed by atoms with Crippen molar-refractivity contribution in [1.82, 2.24) is 10.2 Å². The fourth-order valence-electron chi connectivity index (χ4n) is 2.85. The van der Waals surface area contributed by atoms with E-state index < -0.39 is 0 Å². The lowest BCUT2D eigenvalue weighted by Gasteiger charge is -2.37. The number of benzene rings is 1. The van der Waals surface area contributed by atoms with Crippen LogP contribution in [0, 0.1) is 5.92 Å². The highest BCUT2D eigenvalue weighted by atomic mass is 15.2. The third-order valence-corrected chi connectivity index (χ3v) is 3.87. The fourth-order valence-corrected chi connectivity index (χ4v) is 2.85. The molecule has 0 aromatic heterocycles. The van der Waals surface area contributed by atoms with Gasteiger partial charge in [-0.3, -0.25) is 4.90 Å². The molecule has 1 aliphatic rings. The fraction of sp³-hybridized carbons (Fsp3) is 0.600. The van der Waals surface area contributed by atoms with Crippen LogP contribution in [0.15, 0.2) is 30.3 Å². The summed E-state index contributed by atoms with van der Waals surface area (Å²) in [4.78, 5) is 2.63. The lowest BCUT2D eigenvalue weighted by molar-refractivity contribution is 0.131. The van der Waals surface area contributed by atoms with E-state index in [1.807, 2.05) is 0 Å². The van der Waals surface area contributed by atoms with Gasteiger partial charge in [0.25, 0.3) is 0 Å². The van der Waals surface area contributed by atoms with Gasteiger partial charge in [-0.1, -0.05) is 30.3 Å². The van der Waals surface area contributed by atoms with Gasteiger partial charge in [0.1, 0.15) is 0 Å². The second-order valence-corrected chi connectivity index (χ2v) is 5.15. The predicted octanol–water partition coefficient (Wildman–Crippen LogP) is 2.68. The molecule has 2 atom stereocenters. The van der Waals surface area contributed by atoms with Gasteiger partial charge in [0.05, 0.1) is 0 Å². The molecule has 0 spiro atoms. The first kappa shape index (κ1) is 12.6. The SMILES string of the molecule is CNCC1CCCN(C(C)c2ccccc2)C1. The highest BCUT2D eigenvalue weighted by molar-refractivity contribution is 5.18. The van der Waals surface area contributed by atoms with E-state index in [4.69, 9.17) is 0 Å². The van der Waals surface area contributed by atoms with Crippen molar-refractivity contribution in [1.29, 1.82) is 0 Å². The summed E-state index contributed by atoms with van der Waals surface area (Å²) in [5, 5.41) is 3.31. The molecule has 2 unspecified atom stereocenters. The van der Waals surface area contributed by atoms with Gasteiger partial charge in [-0.05, 0) is 51.4 Å². The summed E-state index contributed by atoms with van der Waals surface area (Å²) < 4.78 is 0. The third kappa shape index (κ3) is 3.30. The van der Waals surface area contributed by atoms with Crippen LogP contribution in [-0.2, 0) is 0 Å². The van der Waals surface area contributed by atoms with Crippen LogP contribution in [0.1, 0.15) is 31.4 Å². The van der Waals surface area contributed by atoms with Gasteiger partial charge < -0.3 is 5.32 Å². The van der Waals surface area contributed by atoms with E-state index in [0.717, 1.165) is 12.5 Å². The molecule has 0 amide bonds. The lowest BCUT2D eigenvalue weighted by atomic mass is 9.95. The van der Waals surface area contributed by atoms with Crippen LogP contribution >= 0.6 is 0 Å². The molecule has 1 fully saturated rings. The molecule has 2 nitrogen and oxygen atoms in total. The molecule has 1 aromatic rings. The maximum absolute atomic E-state index is 3.31. The van der Waals surface area contributed by atoms with Gasteiger partial charge in [-0.15, -0.1) is 0 Å². The maximum Gasteiger partial charge on any atom is 0.0320 e.